The molecule has 1 atom stereocenters. The SMILES string of the molecule is CC1COCCN1c1cnccc1C#N. The lowest BCUT2D eigenvalue weighted by Crippen LogP contribution is -2.44. The van der Waals surface area contributed by atoms with Crippen LogP contribution in [0.25, 0.3) is 0 Å². The second-order valence-electron chi connectivity index (χ2n) is 3.62. The summed E-state index contributed by atoms with van der Waals surface area (Å²) < 4.78 is 5.36. The molecule has 1 aromatic heterocycles. The van der Waals surface area contributed by atoms with Crippen LogP contribution in [0.15, 0.2) is 18.5 Å². The van der Waals surface area contributed by atoms with Crippen molar-refractivity contribution in [3.63, 3.8) is 0 Å². The number of rotatable bonds is 1. The molecule has 0 radical (unpaired) electrons. The lowest BCUT2D eigenvalue weighted by molar-refractivity contribution is 0.0989. The summed E-state index contributed by atoms with van der Waals surface area (Å²) in [6.45, 7) is 4.33. The minimum absolute atomic E-state index is 0.301. The van der Waals surface area contributed by atoms with Crippen LogP contribution in [0.4, 0.5) is 5.69 Å². The highest BCUT2D eigenvalue weighted by molar-refractivity contribution is 5.58. The first-order chi connectivity index (χ1) is 7.33. The molecule has 1 aliphatic heterocycles. The predicted octanol–water partition coefficient (Wildman–Crippen LogP) is 1.18. The van der Waals surface area contributed by atoms with Crippen LogP contribution in [-0.4, -0.2) is 30.8 Å². The summed E-state index contributed by atoms with van der Waals surface area (Å²) in [4.78, 5) is 6.24. The normalized spacial score (nSPS) is 21.1. The molecule has 1 fully saturated rings. The summed E-state index contributed by atoms with van der Waals surface area (Å²) in [5, 5.41) is 9.00. The molecular weight excluding hydrogens is 190 g/mol. The zero-order valence-corrected chi connectivity index (χ0v) is 8.68. The third-order valence-corrected chi connectivity index (χ3v) is 2.60. The molecule has 1 aliphatic rings. The van der Waals surface area contributed by atoms with E-state index in [9.17, 15) is 0 Å². The molecule has 0 amide bonds. The van der Waals surface area contributed by atoms with Gasteiger partial charge in [0.15, 0.2) is 0 Å². The van der Waals surface area contributed by atoms with Gasteiger partial charge in [-0.25, -0.2) is 0 Å². The Hall–Kier alpha value is -1.60. The maximum absolute atomic E-state index is 9.00. The quantitative estimate of drug-likeness (QED) is 0.687. The van der Waals surface area contributed by atoms with E-state index in [1.54, 1.807) is 18.5 Å². The van der Waals surface area contributed by atoms with Crippen molar-refractivity contribution in [2.24, 2.45) is 0 Å². The maximum Gasteiger partial charge on any atom is 0.101 e. The average Bonchev–Trinajstić information content (AvgIpc) is 2.30. The zero-order chi connectivity index (χ0) is 10.7. The molecule has 1 aromatic rings. The van der Waals surface area contributed by atoms with E-state index in [-0.39, 0.29) is 0 Å². The van der Waals surface area contributed by atoms with Gasteiger partial charge in [-0.05, 0) is 13.0 Å². The molecule has 0 aromatic carbocycles. The van der Waals surface area contributed by atoms with Crippen LogP contribution < -0.4 is 4.90 Å². The van der Waals surface area contributed by atoms with Crippen LogP contribution in [0.2, 0.25) is 0 Å². The molecule has 2 heterocycles. The number of aromatic nitrogens is 1. The third-order valence-electron chi connectivity index (χ3n) is 2.60. The molecular formula is C11H13N3O. The zero-order valence-electron chi connectivity index (χ0n) is 8.68. The Kier molecular flexibility index (Phi) is 2.84. The fraction of sp³-hybridized carbons (Fsp3) is 0.455. The Balaban J connectivity index is 2.31. The van der Waals surface area contributed by atoms with Crippen LogP contribution in [-0.2, 0) is 4.74 Å². The van der Waals surface area contributed by atoms with Crippen molar-refractivity contribution in [1.82, 2.24) is 4.98 Å². The lowest BCUT2D eigenvalue weighted by atomic mass is 10.1. The lowest BCUT2D eigenvalue weighted by Gasteiger charge is -2.35. The first kappa shape index (κ1) is 9.94. The van der Waals surface area contributed by atoms with E-state index in [4.69, 9.17) is 10.00 Å². The summed E-state index contributed by atoms with van der Waals surface area (Å²) in [7, 11) is 0. The van der Waals surface area contributed by atoms with E-state index in [1.807, 2.05) is 0 Å². The van der Waals surface area contributed by atoms with E-state index in [2.05, 4.69) is 22.9 Å². The summed E-state index contributed by atoms with van der Waals surface area (Å²) in [6, 6.07) is 4.24. The molecule has 0 spiro atoms. The number of nitrogens with zero attached hydrogens (tertiary/aromatic N) is 3. The Labute approximate surface area is 89.1 Å². The predicted molar refractivity (Wildman–Crippen MR) is 56.6 cm³/mol. The standard InChI is InChI=1S/C11H13N3O/c1-9-8-15-5-4-14(9)11-7-13-3-2-10(11)6-12/h2-3,7,9H,4-5,8H2,1H3. The van der Waals surface area contributed by atoms with Gasteiger partial charge in [0.05, 0.1) is 30.7 Å². The van der Waals surface area contributed by atoms with Crippen LogP contribution in [0.5, 0.6) is 0 Å². The van der Waals surface area contributed by atoms with Gasteiger partial charge in [0.1, 0.15) is 6.07 Å². The smallest absolute Gasteiger partial charge is 0.101 e. The van der Waals surface area contributed by atoms with Crippen LogP contribution >= 0.6 is 0 Å². The molecule has 1 unspecified atom stereocenters. The van der Waals surface area contributed by atoms with Crippen LogP contribution in [0.3, 0.4) is 0 Å². The van der Waals surface area contributed by atoms with Crippen molar-refractivity contribution in [2.75, 3.05) is 24.7 Å². The van der Waals surface area contributed by atoms with Crippen molar-refractivity contribution < 1.29 is 4.74 Å². The number of hydrogen-bond donors (Lipinski definition) is 0. The molecule has 1 saturated heterocycles. The molecule has 0 N–H and O–H groups in total. The minimum atomic E-state index is 0.301. The molecule has 4 nitrogen and oxygen atoms in total. The Bertz CT molecular complexity index is 386. The van der Waals surface area contributed by atoms with Crippen LogP contribution in [0, 0.1) is 11.3 Å². The molecule has 0 aliphatic carbocycles. The number of morpholine rings is 1. The Morgan fingerprint density at radius 3 is 3.27 bits per heavy atom. The second-order valence-corrected chi connectivity index (χ2v) is 3.62. The number of nitriles is 1. The van der Waals surface area contributed by atoms with E-state index in [0.717, 1.165) is 12.2 Å². The first-order valence-corrected chi connectivity index (χ1v) is 5.01. The average molecular weight is 203 g/mol. The van der Waals surface area contributed by atoms with Crippen molar-refractivity contribution in [2.45, 2.75) is 13.0 Å². The molecule has 0 bridgehead atoms. The van der Waals surface area contributed by atoms with E-state index < -0.39 is 0 Å². The highest BCUT2D eigenvalue weighted by Crippen LogP contribution is 2.22. The number of ether oxygens (including phenoxy) is 1. The van der Waals surface area contributed by atoms with E-state index >= 15 is 0 Å². The molecule has 78 valence electrons. The van der Waals surface area contributed by atoms with Crippen molar-refractivity contribution in [3.8, 4) is 6.07 Å². The summed E-state index contributed by atoms with van der Waals surface area (Å²) in [5.74, 6) is 0. The summed E-state index contributed by atoms with van der Waals surface area (Å²) in [6.07, 6.45) is 3.40. The van der Waals surface area contributed by atoms with Crippen molar-refractivity contribution in [3.05, 3.63) is 24.0 Å². The van der Waals surface area contributed by atoms with E-state index in [0.29, 0.717) is 24.8 Å². The van der Waals surface area contributed by atoms with Crippen molar-refractivity contribution in [1.29, 1.82) is 5.26 Å². The molecule has 2 rings (SSSR count). The van der Waals surface area contributed by atoms with Gasteiger partial charge in [0.2, 0.25) is 0 Å². The first-order valence-electron chi connectivity index (χ1n) is 5.01. The Morgan fingerprint density at radius 1 is 1.67 bits per heavy atom. The highest BCUT2D eigenvalue weighted by atomic mass is 16.5. The van der Waals surface area contributed by atoms with Gasteiger partial charge < -0.3 is 9.64 Å². The maximum atomic E-state index is 9.00. The van der Waals surface area contributed by atoms with Gasteiger partial charge in [0, 0.05) is 18.8 Å². The van der Waals surface area contributed by atoms with Gasteiger partial charge in [-0.2, -0.15) is 5.26 Å². The molecule has 15 heavy (non-hydrogen) atoms. The topological polar surface area (TPSA) is 49.1 Å². The van der Waals surface area contributed by atoms with Gasteiger partial charge in [-0.3, -0.25) is 4.98 Å². The fourth-order valence-electron chi connectivity index (χ4n) is 1.79. The van der Waals surface area contributed by atoms with Gasteiger partial charge in [-0.15, -0.1) is 0 Å². The largest absolute Gasteiger partial charge is 0.377 e. The van der Waals surface area contributed by atoms with Gasteiger partial charge in [0.25, 0.3) is 0 Å². The summed E-state index contributed by atoms with van der Waals surface area (Å²) >= 11 is 0. The molecule has 4 heteroatoms. The fourth-order valence-corrected chi connectivity index (χ4v) is 1.79. The van der Waals surface area contributed by atoms with Crippen molar-refractivity contribution >= 4 is 5.69 Å². The monoisotopic (exact) mass is 203 g/mol. The minimum Gasteiger partial charge on any atom is -0.377 e. The van der Waals surface area contributed by atoms with E-state index in [1.165, 1.54) is 0 Å². The highest BCUT2D eigenvalue weighted by Gasteiger charge is 2.21. The van der Waals surface area contributed by atoms with Gasteiger partial charge in [-0.1, -0.05) is 0 Å². The summed E-state index contributed by atoms with van der Waals surface area (Å²) in [5.41, 5.74) is 1.59. The van der Waals surface area contributed by atoms with Crippen LogP contribution in [0.1, 0.15) is 12.5 Å². The Morgan fingerprint density at radius 2 is 2.53 bits per heavy atom. The molecule has 0 saturated carbocycles. The van der Waals surface area contributed by atoms with Gasteiger partial charge >= 0.3 is 0 Å². The third kappa shape index (κ3) is 1.92. The number of pyridine rings is 1. The number of anilines is 1. The second kappa shape index (κ2) is 4.28. The number of hydrogen-bond acceptors (Lipinski definition) is 4.